The summed E-state index contributed by atoms with van der Waals surface area (Å²) in [4.78, 5) is 11.8. The Labute approximate surface area is 153 Å². The van der Waals surface area contributed by atoms with Gasteiger partial charge in [-0.05, 0) is 40.2 Å². The third kappa shape index (κ3) is 5.12. The van der Waals surface area contributed by atoms with E-state index < -0.39 is 5.91 Å². The fraction of sp³-hybridized carbons (Fsp3) is 0.176. The quantitative estimate of drug-likeness (QED) is 0.542. The molecule has 0 aromatic heterocycles. The van der Waals surface area contributed by atoms with Crippen molar-refractivity contribution in [3.05, 3.63) is 46.4 Å². The molecular weight excluding hydrogens is 392 g/mol. The van der Waals surface area contributed by atoms with Crippen LogP contribution in [0.1, 0.15) is 5.56 Å². The van der Waals surface area contributed by atoms with Gasteiger partial charge in [-0.3, -0.25) is 4.79 Å². The monoisotopic (exact) mass is 408 g/mol. The predicted molar refractivity (Wildman–Crippen MR) is 96.6 cm³/mol. The molecule has 0 fully saturated rings. The zero-order valence-electron chi connectivity index (χ0n) is 13.7. The summed E-state index contributed by atoms with van der Waals surface area (Å²) in [5.74, 6) is 0.871. The number of nitrogens with one attached hydrogen (secondary N) is 1. The predicted octanol–water partition coefficient (Wildman–Crippen LogP) is 2.70. The van der Waals surface area contributed by atoms with E-state index >= 15 is 0 Å². The van der Waals surface area contributed by atoms with Crippen LogP contribution >= 0.6 is 15.9 Å². The van der Waals surface area contributed by atoms with E-state index in [1.165, 1.54) is 26.5 Å². The molecule has 0 spiro atoms. The summed E-state index contributed by atoms with van der Waals surface area (Å²) < 4.78 is 16.2. The van der Waals surface area contributed by atoms with Gasteiger partial charge >= 0.3 is 0 Å². The van der Waals surface area contributed by atoms with Crippen molar-refractivity contribution in [1.29, 1.82) is 0 Å². The first-order valence-electron chi connectivity index (χ1n) is 7.19. The number of hydrazone groups is 1. The van der Waals surface area contributed by atoms with E-state index in [9.17, 15) is 9.90 Å². The maximum Gasteiger partial charge on any atom is 0.277 e. The van der Waals surface area contributed by atoms with Crippen LogP contribution in [0.2, 0.25) is 0 Å². The summed E-state index contributed by atoms with van der Waals surface area (Å²) >= 11 is 3.33. The van der Waals surface area contributed by atoms with Gasteiger partial charge in [-0.25, -0.2) is 5.43 Å². The number of carbonyl (C=O) groups is 1. The van der Waals surface area contributed by atoms with Crippen LogP contribution in [0.3, 0.4) is 0 Å². The molecular formula is C17H17BrN2O5. The number of rotatable bonds is 7. The lowest BCUT2D eigenvalue weighted by Gasteiger charge is -2.09. The summed E-state index contributed by atoms with van der Waals surface area (Å²) in [7, 11) is 2.98. The zero-order valence-corrected chi connectivity index (χ0v) is 15.2. The maximum atomic E-state index is 11.8. The van der Waals surface area contributed by atoms with Crippen LogP contribution in [0.5, 0.6) is 23.0 Å². The summed E-state index contributed by atoms with van der Waals surface area (Å²) in [6.45, 7) is -0.216. The Kier molecular flexibility index (Phi) is 6.64. The van der Waals surface area contributed by atoms with Crippen LogP contribution < -0.4 is 19.6 Å². The highest BCUT2D eigenvalue weighted by Gasteiger charge is 2.08. The summed E-state index contributed by atoms with van der Waals surface area (Å²) in [5.41, 5.74) is 2.92. The number of hydrogen-bond acceptors (Lipinski definition) is 6. The molecule has 2 aromatic rings. The van der Waals surface area contributed by atoms with Gasteiger partial charge in [0.1, 0.15) is 0 Å². The van der Waals surface area contributed by atoms with Crippen LogP contribution in [-0.4, -0.2) is 38.1 Å². The molecule has 25 heavy (non-hydrogen) atoms. The lowest BCUT2D eigenvalue weighted by molar-refractivity contribution is -0.123. The minimum absolute atomic E-state index is 0.0296. The van der Waals surface area contributed by atoms with Gasteiger partial charge in [0.25, 0.3) is 5.91 Å². The Morgan fingerprint density at radius 3 is 2.56 bits per heavy atom. The van der Waals surface area contributed by atoms with Gasteiger partial charge in [-0.2, -0.15) is 5.10 Å². The second kappa shape index (κ2) is 8.93. The molecule has 0 atom stereocenters. The van der Waals surface area contributed by atoms with Crippen molar-refractivity contribution in [2.45, 2.75) is 0 Å². The van der Waals surface area contributed by atoms with E-state index in [0.717, 1.165) is 0 Å². The van der Waals surface area contributed by atoms with Gasteiger partial charge in [-0.15, -0.1) is 0 Å². The third-order valence-corrected chi connectivity index (χ3v) is 3.81. The molecule has 0 aliphatic heterocycles. The molecule has 132 valence electrons. The van der Waals surface area contributed by atoms with Crippen molar-refractivity contribution in [3.63, 3.8) is 0 Å². The van der Waals surface area contributed by atoms with Gasteiger partial charge in [-0.1, -0.05) is 12.1 Å². The Bertz CT molecular complexity index is 780. The number of methoxy groups -OCH3 is 2. The van der Waals surface area contributed by atoms with Crippen LogP contribution in [-0.2, 0) is 4.79 Å². The second-order valence-corrected chi connectivity index (χ2v) is 5.63. The Morgan fingerprint density at radius 2 is 1.88 bits per heavy atom. The number of amides is 1. The van der Waals surface area contributed by atoms with Crippen molar-refractivity contribution in [2.75, 3.05) is 20.8 Å². The molecule has 2 N–H and O–H groups in total. The molecule has 0 aliphatic rings. The van der Waals surface area contributed by atoms with Crippen LogP contribution in [0.15, 0.2) is 46.0 Å². The molecule has 0 aliphatic carbocycles. The van der Waals surface area contributed by atoms with Crippen molar-refractivity contribution in [1.82, 2.24) is 5.43 Å². The van der Waals surface area contributed by atoms with Gasteiger partial charge in [0.05, 0.1) is 20.4 Å². The van der Waals surface area contributed by atoms with E-state index in [1.54, 1.807) is 30.3 Å². The molecule has 0 unspecified atom stereocenters. The van der Waals surface area contributed by atoms with Crippen LogP contribution in [0.4, 0.5) is 0 Å². The first-order chi connectivity index (χ1) is 12.0. The number of ether oxygens (including phenoxy) is 3. The molecule has 0 saturated heterocycles. The number of benzene rings is 2. The fourth-order valence-electron chi connectivity index (χ4n) is 1.91. The second-order valence-electron chi connectivity index (χ2n) is 4.78. The van der Waals surface area contributed by atoms with Crippen molar-refractivity contribution in [3.8, 4) is 23.0 Å². The largest absolute Gasteiger partial charge is 0.504 e. The number of carbonyl (C=O) groups excluding carboxylic acids is 1. The Balaban J connectivity index is 1.91. The van der Waals surface area contributed by atoms with E-state index in [1.807, 2.05) is 0 Å². The number of halogens is 1. The number of aromatic hydroxyl groups is 1. The number of para-hydroxylation sites is 2. The molecule has 7 nitrogen and oxygen atoms in total. The lowest BCUT2D eigenvalue weighted by atomic mass is 10.2. The highest BCUT2D eigenvalue weighted by Crippen LogP contribution is 2.31. The van der Waals surface area contributed by atoms with Crippen LogP contribution in [0, 0.1) is 0 Å². The highest BCUT2D eigenvalue weighted by molar-refractivity contribution is 9.10. The van der Waals surface area contributed by atoms with Crippen molar-refractivity contribution < 1.29 is 24.1 Å². The fourth-order valence-corrected chi connectivity index (χ4v) is 2.33. The van der Waals surface area contributed by atoms with E-state index in [4.69, 9.17) is 14.2 Å². The standard InChI is InChI=1S/C17H17BrN2O5/c1-23-14-5-3-4-6-15(14)25-10-17(22)20-19-9-11-7-13(21)16(24-2)8-12(11)18/h3-9,21H,10H2,1-2H3,(H,20,22)/b19-9-. The minimum atomic E-state index is -0.434. The van der Waals surface area contributed by atoms with E-state index in [-0.39, 0.29) is 12.4 Å². The molecule has 0 bridgehead atoms. The first-order valence-corrected chi connectivity index (χ1v) is 7.98. The molecule has 0 saturated carbocycles. The average Bonchev–Trinajstić information content (AvgIpc) is 2.62. The van der Waals surface area contributed by atoms with Gasteiger partial charge in [0.2, 0.25) is 0 Å². The van der Waals surface area contributed by atoms with E-state index in [2.05, 4.69) is 26.5 Å². The number of nitrogens with zero attached hydrogens (tertiary/aromatic N) is 1. The Hall–Kier alpha value is -2.74. The molecule has 0 heterocycles. The molecule has 8 heteroatoms. The third-order valence-electron chi connectivity index (χ3n) is 3.12. The topological polar surface area (TPSA) is 89.4 Å². The normalized spacial score (nSPS) is 10.5. The summed E-state index contributed by atoms with van der Waals surface area (Å²) in [6, 6.07) is 10.1. The van der Waals surface area contributed by atoms with Crippen molar-refractivity contribution in [2.24, 2.45) is 5.10 Å². The van der Waals surface area contributed by atoms with E-state index in [0.29, 0.717) is 27.3 Å². The van der Waals surface area contributed by atoms with Crippen molar-refractivity contribution >= 4 is 28.1 Å². The first kappa shape index (κ1) is 18.6. The zero-order chi connectivity index (χ0) is 18.2. The van der Waals surface area contributed by atoms with Gasteiger partial charge < -0.3 is 19.3 Å². The molecule has 0 radical (unpaired) electrons. The minimum Gasteiger partial charge on any atom is -0.504 e. The Morgan fingerprint density at radius 1 is 1.20 bits per heavy atom. The summed E-state index contributed by atoms with van der Waals surface area (Å²) in [6.07, 6.45) is 1.39. The average molecular weight is 409 g/mol. The number of phenolic OH excluding ortho intramolecular Hbond substituents is 1. The number of phenols is 1. The van der Waals surface area contributed by atoms with Gasteiger partial charge in [0.15, 0.2) is 29.6 Å². The van der Waals surface area contributed by atoms with Crippen LogP contribution in [0.25, 0.3) is 0 Å². The smallest absolute Gasteiger partial charge is 0.277 e. The SMILES string of the molecule is COc1cc(Br)c(/C=N\NC(=O)COc2ccccc2OC)cc1O. The maximum absolute atomic E-state index is 11.8. The molecule has 2 aromatic carbocycles. The molecule has 2 rings (SSSR count). The summed E-state index contributed by atoms with van der Waals surface area (Å²) in [5, 5.41) is 13.6. The van der Waals surface area contributed by atoms with Gasteiger partial charge in [0, 0.05) is 10.0 Å². The lowest BCUT2D eigenvalue weighted by Crippen LogP contribution is -2.24. The highest BCUT2D eigenvalue weighted by atomic mass is 79.9. The number of hydrogen-bond donors (Lipinski definition) is 2. The molecule has 1 amide bonds.